The Morgan fingerprint density at radius 2 is 0.918 bits per heavy atom. The zero-order chi connectivity index (χ0) is 52.9. The van der Waals surface area contributed by atoms with E-state index >= 15 is 0 Å². The Morgan fingerprint density at radius 3 is 1.26 bits per heavy atom. The summed E-state index contributed by atoms with van der Waals surface area (Å²) in [4.78, 5) is 50.9. The predicted octanol–water partition coefficient (Wildman–Crippen LogP) is 3.12. The highest BCUT2D eigenvalue weighted by Crippen LogP contribution is 2.40. The van der Waals surface area contributed by atoms with Crippen LogP contribution in [-0.4, -0.2) is 151 Å². The van der Waals surface area contributed by atoms with Crippen LogP contribution in [0.3, 0.4) is 0 Å². The molecule has 0 saturated carbocycles. The number of aryl methyl sites for hydroxylation is 6. The highest BCUT2D eigenvalue weighted by Gasteiger charge is 2.31. The van der Waals surface area contributed by atoms with Gasteiger partial charge in [-0.25, -0.2) is 23.8 Å². The Balaban J connectivity index is 0.000000208. The van der Waals surface area contributed by atoms with Crippen molar-refractivity contribution in [3.05, 3.63) is 80.2 Å². The highest BCUT2D eigenvalue weighted by molar-refractivity contribution is 7.90. The Labute approximate surface area is 426 Å². The van der Waals surface area contributed by atoms with Crippen LogP contribution in [0.5, 0.6) is 0 Å². The van der Waals surface area contributed by atoms with Crippen LogP contribution in [0.4, 0.5) is 21.0 Å². The van der Waals surface area contributed by atoms with Crippen LogP contribution in [0.1, 0.15) is 91.2 Å². The van der Waals surface area contributed by atoms with E-state index in [1.165, 1.54) is 66.2 Å². The quantitative estimate of drug-likeness (QED) is 0.0693. The van der Waals surface area contributed by atoms with E-state index in [9.17, 15) is 36.0 Å². The molecule has 2 heterocycles. The number of carboxylic acids is 1. The van der Waals surface area contributed by atoms with Gasteiger partial charge in [-0.3, -0.25) is 14.2 Å². The fraction of sp³-hybridized carbons (Fsp3) is 0.542. The second-order valence-corrected chi connectivity index (χ2v) is 21.1. The summed E-state index contributed by atoms with van der Waals surface area (Å²) in [6.07, 6.45) is 11.3. The molecule has 0 atom stereocenters. The SMILES string of the molecule is COCCN(CCOC)C(=O)c1cc(S(=O)(=O)NC(=O)Nc2c3c(cc4c2CCC4)CCC3)nn1C.COCCNCCOC.Cn1nc(S(=O)(=O)NC(=O)Nc2c3c(cc4c2CCC4)CCC3)cc1C(=O)O. The number of sulfonamides is 2. The minimum absolute atomic E-state index is 0.0710. The second kappa shape index (κ2) is 25.8. The minimum Gasteiger partial charge on any atom is -0.477 e. The summed E-state index contributed by atoms with van der Waals surface area (Å²) in [6.45, 7) is 4.57. The van der Waals surface area contributed by atoms with E-state index in [1.807, 2.05) is 4.72 Å². The number of rotatable bonds is 20. The molecule has 0 spiro atoms. The topological polar surface area (TPSA) is 293 Å². The lowest BCUT2D eigenvalue weighted by Crippen LogP contribution is -2.37. The molecular weight excluding hydrogens is 989 g/mol. The Kier molecular flexibility index (Phi) is 19.9. The molecule has 5 amide bonds. The number of fused-ring (bicyclic) bond motifs is 4. The summed E-state index contributed by atoms with van der Waals surface area (Å²) in [5.41, 5.74) is 10.5. The largest absolute Gasteiger partial charge is 0.477 e. The van der Waals surface area contributed by atoms with Crippen LogP contribution in [0.15, 0.2) is 34.3 Å². The van der Waals surface area contributed by atoms with Gasteiger partial charge in [-0.1, -0.05) is 12.1 Å². The van der Waals surface area contributed by atoms with E-state index in [4.69, 9.17) is 24.1 Å². The standard InChI is InChI=1S/C24H33N5O6S.C18H20N4O5S.C6H15NO2/c1-28-20(23(30)29(10-12-34-2)11-13-35-3)15-21(26-28)36(32,33)27-24(31)25-22-18-8-4-6-16(18)14-17-7-5-9-19(17)22;1-22-14(17(23)24)9-15(20-22)28(26,27)21-18(25)19-16-12-6-2-4-10(12)8-11-5-3-7-13(11)16;1-8-5-3-7-4-6-9-2/h14-15H,4-13H2,1-3H3,(H2,25,27,31);8-9H,2-7H2,1H3,(H,23,24)(H2,19,21,25);7H,3-6H2,1-2H3. The Bertz CT molecular complexity index is 2790. The average molecular weight is 1060 g/mol. The summed E-state index contributed by atoms with van der Waals surface area (Å²) in [6, 6.07) is 4.81. The van der Waals surface area contributed by atoms with Crippen LogP contribution in [0.2, 0.25) is 0 Å². The van der Waals surface area contributed by atoms with Crippen molar-refractivity contribution in [2.45, 2.75) is 87.1 Å². The first-order valence-corrected chi connectivity index (χ1v) is 27.2. The summed E-state index contributed by atoms with van der Waals surface area (Å²) < 4.78 is 76.8. The molecule has 6 N–H and O–H groups in total. The molecule has 73 heavy (non-hydrogen) atoms. The van der Waals surface area contributed by atoms with Crippen molar-refractivity contribution < 1.29 is 60.1 Å². The predicted molar refractivity (Wildman–Crippen MR) is 269 cm³/mol. The number of nitrogens with zero attached hydrogens (tertiary/aromatic N) is 5. The molecule has 2 aromatic carbocycles. The molecule has 0 saturated heterocycles. The maximum Gasteiger partial charge on any atom is 0.354 e. The van der Waals surface area contributed by atoms with E-state index in [2.05, 4.69) is 43.0 Å². The number of hydrogen-bond acceptors (Lipinski definition) is 15. The molecule has 23 nitrogen and oxygen atoms in total. The molecule has 0 aliphatic heterocycles. The third-order valence-electron chi connectivity index (χ3n) is 13.0. The number of carbonyl (C=O) groups excluding carboxylic acids is 3. The van der Waals surface area contributed by atoms with Gasteiger partial charge in [-0.2, -0.15) is 27.0 Å². The number of urea groups is 2. The number of amides is 5. The van der Waals surface area contributed by atoms with Crippen LogP contribution >= 0.6 is 0 Å². The summed E-state index contributed by atoms with van der Waals surface area (Å²) in [5, 5.41) is 24.5. The number of aromatic nitrogens is 4. The molecule has 25 heteroatoms. The van der Waals surface area contributed by atoms with Crippen LogP contribution < -0.4 is 25.4 Å². The normalized spacial score (nSPS) is 14.2. The van der Waals surface area contributed by atoms with Gasteiger partial charge in [0.25, 0.3) is 26.0 Å². The Morgan fingerprint density at radius 1 is 0.562 bits per heavy atom. The number of hydrogen-bond donors (Lipinski definition) is 6. The van der Waals surface area contributed by atoms with Gasteiger partial charge in [0.05, 0.1) is 26.4 Å². The lowest BCUT2D eigenvalue weighted by molar-refractivity contribution is 0.0616. The lowest BCUT2D eigenvalue weighted by Gasteiger charge is -2.21. The second-order valence-electron chi connectivity index (χ2n) is 17.9. The number of anilines is 2. The lowest BCUT2D eigenvalue weighted by atomic mass is 9.99. The first-order valence-electron chi connectivity index (χ1n) is 24.2. The van der Waals surface area contributed by atoms with Gasteiger partial charge in [0, 0.05) is 92.2 Å². The number of methoxy groups -OCH3 is 4. The van der Waals surface area contributed by atoms with Crippen molar-refractivity contribution in [1.82, 2.24) is 39.2 Å². The summed E-state index contributed by atoms with van der Waals surface area (Å²) in [5.74, 6) is -1.73. The molecule has 8 rings (SSSR count). The van der Waals surface area contributed by atoms with E-state index in [0.29, 0.717) is 26.3 Å². The smallest absolute Gasteiger partial charge is 0.354 e. The van der Waals surface area contributed by atoms with E-state index < -0.39 is 54.0 Å². The average Bonchev–Trinajstić information content (AvgIpc) is 4.21. The summed E-state index contributed by atoms with van der Waals surface area (Å²) in [7, 11) is 0.627. The van der Waals surface area contributed by atoms with Crippen molar-refractivity contribution in [3.63, 3.8) is 0 Å². The molecule has 0 bridgehead atoms. The third kappa shape index (κ3) is 14.2. The first-order chi connectivity index (χ1) is 34.9. The van der Waals surface area contributed by atoms with E-state index in [1.54, 1.807) is 14.2 Å². The third-order valence-corrected chi connectivity index (χ3v) is 15.4. The van der Waals surface area contributed by atoms with Crippen LogP contribution in [0.25, 0.3) is 0 Å². The molecule has 4 aliphatic carbocycles. The molecule has 0 unspecified atom stereocenters. The van der Waals surface area contributed by atoms with Crippen molar-refractivity contribution in [3.8, 4) is 0 Å². The van der Waals surface area contributed by atoms with Gasteiger partial charge >= 0.3 is 18.0 Å². The minimum atomic E-state index is -4.32. The van der Waals surface area contributed by atoms with Gasteiger partial charge in [0.1, 0.15) is 11.4 Å². The summed E-state index contributed by atoms with van der Waals surface area (Å²) >= 11 is 0. The molecule has 2 aromatic heterocycles. The molecule has 0 radical (unpaired) electrons. The monoisotopic (exact) mass is 1060 g/mol. The van der Waals surface area contributed by atoms with E-state index in [0.717, 1.165) is 148 Å². The zero-order valence-corrected chi connectivity index (χ0v) is 44.0. The van der Waals surface area contributed by atoms with Gasteiger partial charge in [-0.05, 0) is 122 Å². The van der Waals surface area contributed by atoms with Crippen molar-refractivity contribution in [1.29, 1.82) is 0 Å². The van der Waals surface area contributed by atoms with Gasteiger partial charge in [0.15, 0.2) is 10.1 Å². The fourth-order valence-electron chi connectivity index (χ4n) is 9.46. The fourth-order valence-corrected chi connectivity index (χ4v) is 11.3. The van der Waals surface area contributed by atoms with Crippen molar-refractivity contribution in [2.75, 3.05) is 91.7 Å². The molecule has 4 aromatic rings. The number of ether oxygens (including phenoxy) is 4. The molecular formula is C48H68N10O13S2. The number of carboxylic acid groups (broad SMARTS) is 1. The maximum atomic E-state index is 13.1. The highest BCUT2D eigenvalue weighted by atomic mass is 32.2. The van der Waals surface area contributed by atoms with Crippen molar-refractivity contribution in [2.24, 2.45) is 14.1 Å². The molecule has 4 aliphatic rings. The number of carbonyl (C=O) groups is 4. The molecule has 400 valence electrons. The van der Waals surface area contributed by atoms with Gasteiger partial charge < -0.3 is 44.9 Å². The van der Waals surface area contributed by atoms with Crippen LogP contribution in [-0.2, 0) is 104 Å². The van der Waals surface area contributed by atoms with E-state index in [-0.39, 0.29) is 11.4 Å². The first kappa shape index (κ1) is 56.3. The van der Waals surface area contributed by atoms with Gasteiger partial charge in [-0.15, -0.1) is 0 Å². The number of benzene rings is 2. The number of nitrogens with one attached hydrogen (secondary N) is 5. The maximum absolute atomic E-state index is 13.1. The molecule has 0 fully saturated rings. The van der Waals surface area contributed by atoms with Crippen molar-refractivity contribution >= 4 is 55.4 Å². The zero-order valence-electron chi connectivity index (χ0n) is 42.4. The van der Waals surface area contributed by atoms with Crippen LogP contribution in [0, 0.1) is 0 Å². The Hall–Kier alpha value is -5.96. The van der Waals surface area contributed by atoms with Gasteiger partial charge in [0.2, 0.25) is 0 Å². The number of aromatic carboxylic acids is 1.